The highest BCUT2D eigenvalue weighted by Gasteiger charge is 2.34. The van der Waals surface area contributed by atoms with E-state index in [1.54, 1.807) is 6.07 Å². The Hall–Kier alpha value is -1.13. The van der Waals surface area contributed by atoms with Crippen LogP contribution in [-0.4, -0.2) is 36.6 Å². The fourth-order valence-electron chi connectivity index (χ4n) is 3.91. The van der Waals surface area contributed by atoms with Crippen LogP contribution in [0.25, 0.3) is 0 Å². The molecule has 2 fully saturated rings. The maximum Gasteiger partial charge on any atom is 0.130 e. The van der Waals surface area contributed by atoms with Crippen LogP contribution >= 0.6 is 0 Å². The molecule has 0 bridgehead atoms. The molecule has 0 aliphatic carbocycles. The van der Waals surface area contributed by atoms with Crippen LogP contribution in [0.15, 0.2) is 18.2 Å². The minimum Gasteiger partial charge on any atom is -0.366 e. The Morgan fingerprint density at radius 1 is 1.29 bits per heavy atom. The quantitative estimate of drug-likeness (QED) is 0.909. The van der Waals surface area contributed by atoms with Crippen LogP contribution in [-0.2, 0) is 0 Å². The highest BCUT2D eigenvalue weighted by Crippen LogP contribution is 2.33. The minimum absolute atomic E-state index is 0.180. The van der Waals surface area contributed by atoms with Gasteiger partial charge in [0.1, 0.15) is 5.82 Å². The van der Waals surface area contributed by atoms with Gasteiger partial charge in [0.05, 0.1) is 0 Å². The van der Waals surface area contributed by atoms with Crippen LogP contribution in [0.1, 0.15) is 44.7 Å². The van der Waals surface area contributed by atoms with Crippen LogP contribution in [0.4, 0.5) is 10.1 Å². The highest BCUT2D eigenvalue weighted by atomic mass is 19.1. The van der Waals surface area contributed by atoms with Gasteiger partial charge in [-0.2, -0.15) is 0 Å². The molecular formula is C17H26FN3. The maximum atomic E-state index is 14.2. The Balaban J connectivity index is 1.91. The zero-order valence-electron chi connectivity index (χ0n) is 13.1. The molecule has 0 spiro atoms. The lowest BCUT2D eigenvalue weighted by molar-refractivity contribution is 0.115. The van der Waals surface area contributed by atoms with Crippen LogP contribution < -0.4 is 10.6 Å². The molecule has 1 aromatic carbocycles. The molecule has 2 N–H and O–H groups in total. The largest absolute Gasteiger partial charge is 0.366 e. The lowest BCUT2D eigenvalue weighted by Crippen LogP contribution is -2.59. The number of nitrogens with zero attached hydrogens (tertiary/aromatic N) is 2. The topological polar surface area (TPSA) is 32.5 Å². The third-order valence-corrected chi connectivity index (χ3v) is 4.98. The number of rotatable bonds is 2. The smallest absolute Gasteiger partial charge is 0.130 e. The van der Waals surface area contributed by atoms with Gasteiger partial charge in [-0.05, 0) is 45.4 Å². The van der Waals surface area contributed by atoms with E-state index in [4.69, 9.17) is 5.73 Å². The molecule has 2 heterocycles. The molecule has 21 heavy (non-hydrogen) atoms. The van der Waals surface area contributed by atoms with E-state index in [1.807, 2.05) is 13.0 Å². The van der Waals surface area contributed by atoms with Crippen molar-refractivity contribution in [3.8, 4) is 0 Å². The lowest BCUT2D eigenvalue weighted by atomic mass is 9.95. The summed E-state index contributed by atoms with van der Waals surface area (Å²) in [4.78, 5) is 4.98. The highest BCUT2D eigenvalue weighted by molar-refractivity contribution is 5.57. The third kappa shape index (κ3) is 2.79. The number of piperidine rings is 1. The normalized spacial score (nSPS) is 28.3. The zero-order chi connectivity index (χ0) is 15.0. The molecule has 3 atom stereocenters. The Kier molecular flexibility index (Phi) is 4.18. The molecule has 3 nitrogen and oxygen atoms in total. The van der Waals surface area contributed by atoms with E-state index < -0.39 is 0 Å². The number of nitrogens with two attached hydrogens (primary N) is 1. The van der Waals surface area contributed by atoms with Gasteiger partial charge >= 0.3 is 0 Å². The molecule has 4 heteroatoms. The molecular weight excluding hydrogens is 265 g/mol. The number of anilines is 1. The number of hydrogen-bond donors (Lipinski definition) is 1. The summed E-state index contributed by atoms with van der Waals surface area (Å²) < 4.78 is 14.2. The van der Waals surface area contributed by atoms with Crippen LogP contribution in [0.3, 0.4) is 0 Å². The van der Waals surface area contributed by atoms with E-state index in [2.05, 4.69) is 16.7 Å². The first-order valence-electron chi connectivity index (χ1n) is 8.12. The summed E-state index contributed by atoms with van der Waals surface area (Å²) in [7, 11) is 0. The standard InChI is InChI=1S/C17H26FN3/c1-12-10-20-9-4-3-6-14(20)11-21(12)16-8-5-7-15(18)17(16)13(2)19/h5,7-8,12-14H,3-4,6,9-11,19H2,1-2H3/t12?,13-,14?/m0/s1. The first-order valence-corrected chi connectivity index (χ1v) is 8.12. The predicted octanol–water partition coefficient (Wildman–Crippen LogP) is 2.91. The molecule has 1 aromatic rings. The van der Waals surface area contributed by atoms with E-state index >= 15 is 0 Å². The number of fused-ring (bicyclic) bond motifs is 1. The van der Waals surface area contributed by atoms with Crippen molar-refractivity contribution in [3.05, 3.63) is 29.6 Å². The second-order valence-corrected chi connectivity index (χ2v) is 6.61. The Bertz CT molecular complexity index is 503. The van der Waals surface area contributed by atoms with Crippen LogP contribution in [0.5, 0.6) is 0 Å². The van der Waals surface area contributed by atoms with E-state index in [-0.39, 0.29) is 11.9 Å². The summed E-state index contributed by atoms with van der Waals surface area (Å²) in [6.07, 6.45) is 3.88. The van der Waals surface area contributed by atoms with Gasteiger partial charge in [0, 0.05) is 42.5 Å². The first-order chi connectivity index (χ1) is 10.1. The molecule has 0 aromatic heterocycles. The van der Waals surface area contributed by atoms with Gasteiger partial charge < -0.3 is 10.6 Å². The minimum atomic E-state index is -0.280. The number of benzene rings is 1. The fourth-order valence-corrected chi connectivity index (χ4v) is 3.91. The van der Waals surface area contributed by atoms with Gasteiger partial charge in [-0.15, -0.1) is 0 Å². The molecule has 2 aliphatic heterocycles. The van der Waals surface area contributed by atoms with Crippen molar-refractivity contribution in [2.45, 2.75) is 51.2 Å². The molecule has 116 valence electrons. The van der Waals surface area contributed by atoms with Gasteiger partial charge in [0.15, 0.2) is 0 Å². The van der Waals surface area contributed by atoms with Gasteiger partial charge in [-0.3, -0.25) is 4.90 Å². The summed E-state index contributed by atoms with van der Waals surface area (Å²) >= 11 is 0. The molecule has 0 radical (unpaired) electrons. The zero-order valence-corrected chi connectivity index (χ0v) is 13.1. The maximum absolute atomic E-state index is 14.2. The Morgan fingerprint density at radius 2 is 2.10 bits per heavy atom. The molecule has 2 unspecified atom stereocenters. The van der Waals surface area contributed by atoms with Crippen LogP contribution in [0.2, 0.25) is 0 Å². The predicted molar refractivity (Wildman–Crippen MR) is 85.0 cm³/mol. The second kappa shape index (κ2) is 5.93. The van der Waals surface area contributed by atoms with Crippen molar-refractivity contribution in [2.24, 2.45) is 5.73 Å². The molecule has 2 aliphatic rings. The summed E-state index contributed by atoms with van der Waals surface area (Å²) in [5.74, 6) is -0.180. The van der Waals surface area contributed by atoms with E-state index in [9.17, 15) is 4.39 Å². The van der Waals surface area contributed by atoms with Crippen molar-refractivity contribution in [3.63, 3.8) is 0 Å². The Morgan fingerprint density at radius 3 is 2.86 bits per heavy atom. The van der Waals surface area contributed by atoms with Gasteiger partial charge in [0.25, 0.3) is 0 Å². The molecule has 3 rings (SSSR count). The molecule has 0 saturated carbocycles. The van der Waals surface area contributed by atoms with Crippen molar-refractivity contribution >= 4 is 5.69 Å². The second-order valence-electron chi connectivity index (χ2n) is 6.61. The van der Waals surface area contributed by atoms with Gasteiger partial charge in [0.2, 0.25) is 0 Å². The summed E-state index contributed by atoms with van der Waals surface area (Å²) in [5.41, 5.74) is 7.67. The average Bonchev–Trinajstić information content (AvgIpc) is 2.45. The SMILES string of the molecule is CC1CN2CCCCC2CN1c1cccc(F)c1[C@H](C)N. The number of hydrogen-bond acceptors (Lipinski definition) is 3. The van der Waals surface area contributed by atoms with Crippen molar-refractivity contribution in [1.29, 1.82) is 0 Å². The monoisotopic (exact) mass is 291 g/mol. The molecule has 2 saturated heterocycles. The Labute approximate surface area is 126 Å². The first kappa shape index (κ1) is 14.8. The van der Waals surface area contributed by atoms with Gasteiger partial charge in [-0.25, -0.2) is 4.39 Å². The van der Waals surface area contributed by atoms with Crippen molar-refractivity contribution < 1.29 is 4.39 Å². The van der Waals surface area contributed by atoms with Crippen molar-refractivity contribution in [2.75, 3.05) is 24.5 Å². The number of piperazine rings is 1. The van der Waals surface area contributed by atoms with E-state index in [1.165, 1.54) is 31.9 Å². The summed E-state index contributed by atoms with van der Waals surface area (Å²) in [6, 6.07) is 6.08. The summed E-state index contributed by atoms with van der Waals surface area (Å²) in [6.45, 7) is 7.38. The van der Waals surface area contributed by atoms with Crippen molar-refractivity contribution in [1.82, 2.24) is 4.90 Å². The average molecular weight is 291 g/mol. The van der Waals surface area contributed by atoms with Crippen LogP contribution in [0, 0.1) is 5.82 Å². The third-order valence-electron chi connectivity index (χ3n) is 4.98. The number of halogens is 1. The lowest BCUT2D eigenvalue weighted by Gasteiger charge is -2.49. The molecule has 0 amide bonds. The van der Waals surface area contributed by atoms with E-state index in [0.29, 0.717) is 17.6 Å². The van der Waals surface area contributed by atoms with E-state index in [0.717, 1.165) is 18.8 Å². The fraction of sp³-hybridized carbons (Fsp3) is 0.647. The summed E-state index contributed by atoms with van der Waals surface area (Å²) in [5, 5.41) is 0. The van der Waals surface area contributed by atoms with Gasteiger partial charge in [-0.1, -0.05) is 12.5 Å².